The van der Waals surface area contributed by atoms with Gasteiger partial charge in [-0.1, -0.05) is 18.2 Å². The van der Waals surface area contributed by atoms with Gasteiger partial charge in [-0.25, -0.2) is 9.78 Å². The number of benzene rings is 2. The van der Waals surface area contributed by atoms with Crippen molar-refractivity contribution >= 4 is 34.7 Å². The zero-order chi connectivity index (χ0) is 32.3. The van der Waals surface area contributed by atoms with Crippen LogP contribution < -0.4 is 15.0 Å². The summed E-state index contributed by atoms with van der Waals surface area (Å²) in [5.41, 5.74) is 3.31. The van der Waals surface area contributed by atoms with Gasteiger partial charge in [0, 0.05) is 42.7 Å². The minimum Gasteiger partial charge on any atom is -0.457 e. The van der Waals surface area contributed by atoms with Crippen LogP contribution in [0.4, 0.5) is 16.2 Å². The lowest BCUT2D eigenvalue weighted by Crippen LogP contribution is -2.51. The molecule has 1 spiro atoms. The Kier molecular flexibility index (Phi) is 8.95. The summed E-state index contributed by atoms with van der Waals surface area (Å²) in [7, 11) is 0. The van der Waals surface area contributed by atoms with Crippen molar-refractivity contribution in [2.45, 2.75) is 59.0 Å². The molecule has 0 saturated carbocycles. The van der Waals surface area contributed by atoms with E-state index >= 15 is 0 Å². The first-order valence-electron chi connectivity index (χ1n) is 15.7. The number of hydrogen-bond acceptors (Lipinski definition) is 9. The Hall–Kier alpha value is -4.51. The number of rotatable bonds is 6. The smallest absolute Gasteiger partial charge is 0.410 e. The number of ether oxygens (including phenoxy) is 2. The second kappa shape index (κ2) is 13.1. The molecule has 2 fully saturated rings. The molecule has 46 heavy (non-hydrogen) atoms. The summed E-state index contributed by atoms with van der Waals surface area (Å²) >= 11 is 1.39. The zero-order valence-corrected chi connectivity index (χ0v) is 27.6. The largest absolute Gasteiger partial charge is 0.457 e. The number of anilines is 2. The van der Waals surface area contributed by atoms with Crippen molar-refractivity contribution in [3.63, 3.8) is 0 Å². The Labute approximate surface area is 273 Å². The maximum absolute atomic E-state index is 13.6. The Morgan fingerprint density at radius 1 is 0.978 bits per heavy atom. The molecule has 0 radical (unpaired) electrons. The van der Waals surface area contributed by atoms with Gasteiger partial charge in [-0.15, -0.1) is 11.3 Å². The van der Waals surface area contributed by atoms with Crippen LogP contribution in [0.5, 0.6) is 11.5 Å². The van der Waals surface area contributed by atoms with Gasteiger partial charge in [0.15, 0.2) is 0 Å². The monoisotopic (exact) mass is 640 g/mol. The Balaban J connectivity index is 1.26. The fraction of sp³-hybridized carbons (Fsp3) is 0.400. The highest BCUT2D eigenvalue weighted by Crippen LogP contribution is 2.45. The van der Waals surface area contributed by atoms with E-state index in [2.05, 4.69) is 25.4 Å². The van der Waals surface area contributed by atoms with E-state index in [1.54, 1.807) is 17.8 Å². The number of nitrogens with one attached hydrogen (secondary N) is 1. The molecular formula is C35H40N6O4S. The van der Waals surface area contributed by atoms with Crippen LogP contribution in [0.1, 0.15) is 62.5 Å². The quantitative estimate of drug-likeness (QED) is 0.230. The highest BCUT2D eigenvalue weighted by Gasteiger charge is 2.41. The number of likely N-dealkylation sites (tertiary alicyclic amines) is 1. The van der Waals surface area contributed by atoms with Crippen LogP contribution in [0.3, 0.4) is 0 Å². The number of thiazole rings is 1. The molecule has 2 saturated heterocycles. The van der Waals surface area contributed by atoms with Gasteiger partial charge in [0.05, 0.1) is 23.8 Å². The van der Waals surface area contributed by atoms with E-state index in [4.69, 9.17) is 9.47 Å². The maximum atomic E-state index is 13.6. The summed E-state index contributed by atoms with van der Waals surface area (Å²) in [6.07, 6.45) is 6.91. The molecular weight excluding hydrogens is 600 g/mol. The molecule has 0 aliphatic carbocycles. The van der Waals surface area contributed by atoms with Gasteiger partial charge in [-0.2, -0.15) is 10.2 Å². The molecule has 2 amide bonds. The van der Waals surface area contributed by atoms with E-state index in [-0.39, 0.29) is 17.4 Å². The molecule has 2 aromatic carbocycles. The topological polar surface area (TPSA) is 110 Å². The lowest BCUT2D eigenvalue weighted by molar-refractivity contribution is 0.00816. The maximum Gasteiger partial charge on any atom is 0.410 e. The number of aromatic nitrogens is 3. The summed E-state index contributed by atoms with van der Waals surface area (Å²) in [6.45, 7) is 10.8. The third-order valence-corrected chi connectivity index (χ3v) is 9.51. The molecule has 2 aliphatic heterocycles. The molecule has 4 heterocycles. The molecule has 1 N–H and O–H groups in total. The number of nitrogens with zero attached hydrogens (tertiary/aromatic N) is 5. The predicted molar refractivity (Wildman–Crippen MR) is 180 cm³/mol. The normalized spacial score (nSPS) is 16.3. The number of hydrogen-bond donors (Lipinski definition) is 1. The van der Waals surface area contributed by atoms with Crippen molar-refractivity contribution < 1.29 is 19.1 Å². The Morgan fingerprint density at radius 2 is 1.76 bits per heavy atom. The van der Waals surface area contributed by atoms with Gasteiger partial charge in [-0.05, 0) is 89.1 Å². The number of carbonyl (C=O) groups excluding carboxylic acids is 2. The summed E-state index contributed by atoms with van der Waals surface area (Å²) in [5.74, 6) is 1.21. The van der Waals surface area contributed by atoms with E-state index in [1.807, 2.05) is 81.1 Å². The van der Waals surface area contributed by atoms with Crippen LogP contribution in [0.15, 0.2) is 66.3 Å². The lowest BCUT2D eigenvalue weighted by Gasteiger charge is -2.48. The summed E-state index contributed by atoms with van der Waals surface area (Å²) < 4.78 is 12.0. The van der Waals surface area contributed by atoms with Crippen molar-refractivity contribution in [2.24, 2.45) is 5.41 Å². The minimum atomic E-state index is -0.518. The van der Waals surface area contributed by atoms with Crippen LogP contribution in [-0.4, -0.2) is 63.9 Å². The first-order valence-corrected chi connectivity index (χ1v) is 16.6. The van der Waals surface area contributed by atoms with Crippen molar-refractivity contribution in [1.29, 1.82) is 0 Å². The molecule has 4 aromatic rings. The lowest BCUT2D eigenvalue weighted by atomic mass is 9.72. The van der Waals surface area contributed by atoms with Gasteiger partial charge < -0.3 is 24.6 Å². The third-order valence-electron chi connectivity index (χ3n) is 8.62. The highest BCUT2D eigenvalue weighted by molar-refractivity contribution is 7.13. The van der Waals surface area contributed by atoms with E-state index in [0.29, 0.717) is 29.5 Å². The van der Waals surface area contributed by atoms with Gasteiger partial charge in [-0.3, -0.25) is 4.79 Å². The second-order valence-corrected chi connectivity index (χ2v) is 14.0. The summed E-state index contributed by atoms with van der Waals surface area (Å²) in [6, 6.07) is 15.4. The van der Waals surface area contributed by atoms with Crippen molar-refractivity contribution in [1.82, 2.24) is 20.1 Å². The number of para-hydroxylation sites is 1. The molecule has 2 aliphatic rings. The van der Waals surface area contributed by atoms with Gasteiger partial charge in [0.25, 0.3) is 5.91 Å². The van der Waals surface area contributed by atoms with E-state index in [1.165, 1.54) is 11.3 Å². The summed E-state index contributed by atoms with van der Waals surface area (Å²) in [5, 5.41) is 13.4. The SMILES string of the molecule is Cc1c(Oc2ccccc2)ccc(NC(=O)c2csc(-c3ccnnc3)n2)c1N1CCCC2(CCN(C(=O)OC(C)(C)C)CC2)C1. The van der Waals surface area contributed by atoms with Crippen molar-refractivity contribution in [3.8, 4) is 22.1 Å². The van der Waals surface area contributed by atoms with Crippen LogP contribution in [0, 0.1) is 12.3 Å². The number of amides is 2. The van der Waals surface area contributed by atoms with Gasteiger partial charge >= 0.3 is 6.09 Å². The molecule has 10 nitrogen and oxygen atoms in total. The third kappa shape index (κ3) is 7.14. The average molecular weight is 641 g/mol. The van der Waals surface area contributed by atoms with Crippen LogP contribution in [-0.2, 0) is 4.74 Å². The standard InChI is InChI=1S/C35H40N6O4S/c1-24-29(44-26-9-6-5-7-10-26)12-11-27(38-31(42)28-22-46-32(39-28)25-13-17-36-37-21-25)30(24)41-18-8-14-35(23-41)15-19-40(20-16-35)33(43)45-34(2,3)4/h5-7,9-13,17,21-22H,8,14-16,18-20,23H2,1-4H3,(H,38,42). The van der Waals surface area contributed by atoms with Crippen molar-refractivity contribution in [3.05, 3.63) is 77.6 Å². The molecule has 2 aromatic heterocycles. The minimum absolute atomic E-state index is 0.0587. The molecule has 0 unspecified atom stereocenters. The number of piperidine rings is 2. The highest BCUT2D eigenvalue weighted by atomic mass is 32.1. The first kappa shape index (κ1) is 31.5. The molecule has 6 rings (SSSR count). The molecule has 0 atom stereocenters. The first-order chi connectivity index (χ1) is 22.1. The van der Waals surface area contributed by atoms with Crippen LogP contribution in [0.25, 0.3) is 10.6 Å². The second-order valence-electron chi connectivity index (χ2n) is 13.1. The molecule has 240 valence electrons. The fourth-order valence-corrected chi connectivity index (χ4v) is 7.12. The molecule has 0 bridgehead atoms. The van der Waals surface area contributed by atoms with E-state index in [9.17, 15) is 9.59 Å². The predicted octanol–water partition coefficient (Wildman–Crippen LogP) is 7.57. The zero-order valence-electron chi connectivity index (χ0n) is 26.8. The Bertz CT molecular complexity index is 1680. The van der Waals surface area contributed by atoms with Gasteiger partial charge in [0.1, 0.15) is 27.8 Å². The summed E-state index contributed by atoms with van der Waals surface area (Å²) in [4.78, 5) is 35.2. The Morgan fingerprint density at radius 3 is 2.48 bits per heavy atom. The average Bonchev–Trinajstić information content (AvgIpc) is 3.54. The van der Waals surface area contributed by atoms with E-state index < -0.39 is 5.60 Å². The van der Waals surface area contributed by atoms with Crippen molar-refractivity contribution in [2.75, 3.05) is 36.4 Å². The van der Waals surface area contributed by atoms with Crippen LogP contribution >= 0.6 is 11.3 Å². The van der Waals surface area contributed by atoms with Gasteiger partial charge in [0.2, 0.25) is 0 Å². The number of carbonyl (C=O) groups is 2. The van der Waals surface area contributed by atoms with Crippen LogP contribution in [0.2, 0.25) is 0 Å². The van der Waals surface area contributed by atoms with E-state index in [0.717, 1.165) is 67.1 Å². The fourth-order valence-electron chi connectivity index (χ4n) is 6.33. The molecule has 11 heteroatoms.